The molecule has 27 heavy (non-hydrogen) atoms. The Balaban J connectivity index is 1.63. The molecule has 0 aliphatic carbocycles. The van der Waals surface area contributed by atoms with Crippen LogP contribution in [0.15, 0.2) is 42.6 Å². The van der Waals surface area contributed by atoms with E-state index in [4.69, 9.17) is 0 Å². The summed E-state index contributed by atoms with van der Waals surface area (Å²) in [6.07, 6.45) is 2.74. The van der Waals surface area contributed by atoms with E-state index in [-0.39, 0.29) is 11.8 Å². The lowest BCUT2D eigenvalue weighted by atomic mass is 10.1. The number of aryl methyl sites for hydroxylation is 2. The number of piperazine rings is 1. The molecule has 1 aliphatic heterocycles. The molecule has 1 atom stereocenters. The molecule has 7 nitrogen and oxygen atoms in total. The Hall–Kier alpha value is -2.67. The maximum atomic E-state index is 12.8. The van der Waals surface area contributed by atoms with Gasteiger partial charge >= 0.3 is 0 Å². The van der Waals surface area contributed by atoms with Crippen molar-refractivity contribution in [3.05, 3.63) is 53.9 Å². The fourth-order valence-corrected chi connectivity index (χ4v) is 3.54. The summed E-state index contributed by atoms with van der Waals surface area (Å²) in [6, 6.07) is 11.7. The summed E-state index contributed by atoms with van der Waals surface area (Å²) in [6.45, 7) is 2.66. The normalized spacial score (nSPS) is 17.7. The monoisotopic (exact) mass is 369 g/mol. The van der Waals surface area contributed by atoms with Gasteiger partial charge in [-0.1, -0.05) is 30.3 Å². The number of nitrogens with one attached hydrogen (secondary N) is 1. The van der Waals surface area contributed by atoms with Crippen molar-refractivity contribution < 1.29 is 9.59 Å². The van der Waals surface area contributed by atoms with E-state index in [9.17, 15) is 9.59 Å². The van der Waals surface area contributed by atoms with Crippen LogP contribution in [0, 0.1) is 0 Å². The third-order valence-electron chi connectivity index (χ3n) is 5.10. The molecular formula is C20H27N5O2. The van der Waals surface area contributed by atoms with Gasteiger partial charge in [-0.2, -0.15) is 5.10 Å². The van der Waals surface area contributed by atoms with Crippen molar-refractivity contribution in [2.45, 2.75) is 25.4 Å². The van der Waals surface area contributed by atoms with Gasteiger partial charge in [-0.05, 0) is 18.1 Å². The van der Waals surface area contributed by atoms with Crippen LogP contribution in [0.1, 0.15) is 17.7 Å². The predicted molar refractivity (Wildman–Crippen MR) is 103 cm³/mol. The fourth-order valence-electron chi connectivity index (χ4n) is 3.54. The Morgan fingerprint density at radius 1 is 1.19 bits per heavy atom. The molecule has 1 N–H and O–H groups in total. The van der Waals surface area contributed by atoms with E-state index >= 15 is 0 Å². The van der Waals surface area contributed by atoms with Crippen molar-refractivity contribution in [2.24, 2.45) is 7.05 Å². The van der Waals surface area contributed by atoms with Crippen LogP contribution >= 0.6 is 0 Å². The first-order valence-electron chi connectivity index (χ1n) is 9.32. The Labute approximate surface area is 159 Å². The molecule has 0 saturated carbocycles. The quantitative estimate of drug-likeness (QED) is 0.818. The molecule has 2 aromatic rings. The van der Waals surface area contributed by atoms with Gasteiger partial charge < -0.3 is 10.2 Å². The minimum Gasteiger partial charge on any atom is -0.357 e. The zero-order valence-corrected chi connectivity index (χ0v) is 16.0. The summed E-state index contributed by atoms with van der Waals surface area (Å²) >= 11 is 0. The first-order valence-corrected chi connectivity index (χ1v) is 9.32. The maximum Gasteiger partial charge on any atom is 0.243 e. The van der Waals surface area contributed by atoms with E-state index in [2.05, 4.69) is 27.4 Å². The lowest BCUT2D eigenvalue weighted by Crippen LogP contribution is -2.60. The van der Waals surface area contributed by atoms with Gasteiger partial charge in [-0.15, -0.1) is 0 Å². The number of nitrogens with zero attached hydrogens (tertiary/aromatic N) is 4. The highest BCUT2D eigenvalue weighted by molar-refractivity contribution is 5.88. The average Bonchev–Trinajstić information content (AvgIpc) is 3.11. The number of likely N-dealkylation sites (N-methyl/N-ethyl adjacent to an activating group) is 1. The van der Waals surface area contributed by atoms with E-state index in [1.165, 1.54) is 5.56 Å². The van der Waals surface area contributed by atoms with Gasteiger partial charge in [0.05, 0.1) is 0 Å². The molecule has 7 heteroatoms. The molecule has 1 aliphatic rings. The zero-order valence-electron chi connectivity index (χ0n) is 16.0. The van der Waals surface area contributed by atoms with E-state index in [1.54, 1.807) is 22.8 Å². The van der Waals surface area contributed by atoms with Crippen LogP contribution in [0.5, 0.6) is 0 Å². The molecule has 2 amide bonds. The predicted octanol–water partition coefficient (Wildman–Crippen LogP) is 0.812. The van der Waals surface area contributed by atoms with Gasteiger partial charge in [0, 0.05) is 58.6 Å². The second-order valence-corrected chi connectivity index (χ2v) is 6.88. The highest BCUT2D eigenvalue weighted by Crippen LogP contribution is 2.16. The second-order valence-electron chi connectivity index (χ2n) is 6.88. The average molecular weight is 369 g/mol. The maximum absolute atomic E-state index is 12.8. The SMILES string of the molecule is CNC(=O)C1CN(Cc2ccccc2)CCN1C(=O)CCc1ccnn1C. The van der Waals surface area contributed by atoms with Crippen molar-refractivity contribution in [3.8, 4) is 0 Å². The van der Waals surface area contributed by atoms with Crippen molar-refractivity contribution in [3.63, 3.8) is 0 Å². The molecule has 1 saturated heterocycles. The molecule has 0 radical (unpaired) electrons. The first kappa shape index (κ1) is 19.1. The molecule has 1 aromatic heterocycles. The summed E-state index contributed by atoms with van der Waals surface area (Å²) in [5, 5.41) is 6.84. The summed E-state index contributed by atoms with van der Waals surface area (Å²) < 4.78 is 1.78. The highest BCUT2D eigenvalue weighted by Gasteiger charge is 2.34. The minimum absolute atomic E-state index is 0.0177. The molecular weight excluding hydrogens is 342 g/mol. The molecule has 2 heterocycles. The fraction of sp³-hybridized carbons (Fsp3) is 0.450. The summed E-state index contributed by atoms with van der Waals surface area (Å²) in [7, 11) is 3.49. The van der Waals surface area contributed by atoms with Crippen LogP contribution in [0.3, 0.4) is 0 Å². The van der Waals surface area contributed by atoms with Crippen LogP contribution in [0.4, 0.5) is 0 Å². The number of carbonyl (C=O) groups is 2. The second kappa shape index (κ2) is 8.81. The van der Waals surface area contributed by atoms with E-state index in [0.29, 0.717) is 25.9 Å². The van der Waals surface area contributed by atoms with Crippen LogP contribution in [0.2, 0.25) is 0 Å². The minimum atomic E-state index is -0.452. The van der Waals surface area contributed by atoms with Crippen LogP contribution in [-0.4, -0.2) is 64.1 Å². The van der Waals surface area contributed by atoms with Gasteiger partial charge in [0.15, 0.2) is 0 Å². The number of hydrogen-bond acceptors (Lipinski definition) is 4. The van der Waals surface area contributed by atoms with Crippen molar-refractivity contribution >= 4 is 11.8 Å². The van der Waals surface area contributed by atoms with E-state index < -0.39 is 6.04 Å². The molecule has 1 unspecified atom stereocenters. The number of amides is 2. The van der Waals surface area contributed by atoms with Crippen molar-refractivity contribution in [1.29, 1.82) is 0 Å². The van der Waals surface area contributed by atoms with Crippen LogP contribution in [-0.2, 0) is 29.6 Å². The summed E-state index contributed by atoms with van der Waals surface area (Å²) in [4.78, 5) is 29.2. The topological polar surface area (TPSA) is 70.5 Å². The van der Waals surface area contributed by atoms with Gasteiger partial charge in [-0.25, -0.2) is 0 Å². The van der Waals surface area contributed by atoms with Gasteiger partial charge in [-0.3, -0.25) is 19.2 Å². The molecule has 1 fully saturated rings. The lowest BCUT2D eigenvalue weighted by molar-refractivity contribution is -0.144. The number of benzene rings is 1. The Morgan fingerprint density at radius 3 is 2.63 bits per heavy atom. The third-order valence-corrected chi connectivity index (χ3v) is 5.10. The van der Waals surface area contributed by atoms with Gasteiger partial charge in [0.1, 0.15) is 6.04 Å². The number of hydrogen-bond donors (Lipinski definition) is 1. The Kier molecular flexibility index (Phi) is 6.24. The number of aromatic nitrogens is 2. The number of rotatable bonds is 6. The molecule has 1 aromatic carbocycles. The van der Waals surface area contributed by atoms with Crippen molar-refractivity contribution in [2.75, 3.05) is 26.7 Å². The van der Waals surface area contributed by atoms with Gasteiger partial charge in [0.25, 0.3) is 0 Å². The van der Waals surface area contributed by atoms with E-state index in [0.717, 1.165) is 18.8 Å². The largest absolute Gasteiger partial charge is 0.357 e. The highest BCUT2D eigenvalue weighted by atomic mass is 16.2. The van der Waals surface area contributed by atoms with Gasteiger partial charge in [0.2, 0.25) is 11.8 Å². The molecule has 0 bridgehead atoms. The van der Waals surface area contributed by atoms with Crippen LogP contribution < -0.4 is 5.32 Å². The smallest absolute Gasteiger partial charge is 0.243 e. The van der Waals surface area contributed by atoms with Crippen LogP contribution in [0.25, 0.3) is 0 Å². The molecule has 0 spiro atoms. The Morgan fingerprint density at radius 2 is 1.96 bits per heavy atom. The molecule has 3 rings (SSSR count). The summed E-state index contributed by atoms with van der Waals surface area (Å²) in [5.74, 6) is -0.0918. The van der Waals surface area contributed by atoms with E-state index in [1.807, 2.05) is 31.3 Å². The third kappa shape index (κ3) is 4.74. The lowest BCUT2D eigenvalue weighted by Gasteiger charge is -2.40. The Bertz CT molecular complexity index is 774. The first-order chi connectivity index (χ1) is 13.1. The van der Waals surface area contributed by atoms with Crippen molar-refractivity contribution in [1.82, 2.24) is 24.9 Å². The number of carbonyl (C=O) groups excluding carboxylic acids is 2. The summed E-state index contributed by atoms with van der Waals surface area (Å²) in [5.41, 5.74) is 2.23. The standard InChI is InChI=1S/C20H27N5O2/c1-21-20(27)18-15-24(14-16-6-4-3-5-7-16)12-13-25(18)19(26)9-8-17-10-11-22-23(17)2/h3-7,10-11,18H,8-9,12-15H2,1-2H3,(H,21,27). The molecule has 144 valence electrons. The zero-order chi connectivity index (χ0) is 19.2.